The average molecular weight is 238 g/mol. The maximum absolute atomic E-state index is 11.5. The molecule has 1 aromatic heterocycles. The fraction of sp³-hybridized carbons (Fsp3) is 0.667. The largest absolute Gasteiger partial charge is 0.363 e. The number of nitrogens with two attached hydrogens (primary N) is 1. The lowest BCUT2D eigenvalue weighted by Crippen LogP contribution is -2.42. The first-order chi connectivity index (χ1) is 7.90. The molecule has 4 N–H and O–H groups in total. The van der Waals surface area contributed by atoms with Crippen LogP contribution in [0.3, 0.4) is 0 Å². The number of aromatic amines is 1. The average Bonchev–Trinajstić information content (AvgIpc) is 2.28. The highest BCUT2D eigenvalue weighted by atomic mass is 16.1. The summed E-state index contributed by atoms with van der Waals surface area (Å²) in [4.78, 5) is 18.6. The SMILES string of the molecule is CCC(C)(CN)Nc1cc(=O)[nH]c(C(C)C)n1. The van der Waals surface area contributed by atoms with E-state index in [1.165, 1.54) is 6.07 Å². The van der Waals surface area contributed by atoms with Crippen LogP contribution in [0.1, 0.15) is 45.9 Å². The lowest BCUT2D eigenvalue weighted by atomic mass is 9.99. The first kappa shape index (κ1) is 13.7. The topological polar surface area (TPSA) is 83.8 Å². The van der Waals surface area contributed by atoms with E-state index in [1.807, 2.05) is 20.8 Å². The molecule has 0 aromatic carbocycles. The van der Waals surface area contributed by atoms with Crippen molar-refractivity contribution in [1.82, 2.24) is 9.97 Å². The number of nitrogens with one attached hydrogen (secondary N) is 2. The van der Waals surface area contributed by atoms with Crippen LogP contribution < -0.4 is 16.6 Å². The van der Waals surface area contributed by atoms with Gasteiger partial charge in [0.15, 0.2) is 0 Å². The molecule has 0 aliphatic rings. The van der Waals surface area contributed by atoms with E-state index in [-0.39, 0.29) is 17.0 Å². The van der Waals surface area contributed by atoms with Gasteiger partial charge in [0.05, 0.1) is 0 Å². The summed E-state index contributed by atoms with van der Waals surface area (Å²) < 4.78 is 0. The summed E-state index contributed by atoms with van der Waals surface area (Å²) in [6, 6.07) is 1.47. The van der Waals surface area contributed by atoms with Crippen LogP contribution in [0.4, 0.5) is 5.82 Å². The molecule has 1 unspecified atom stereocenters. The Morgan fingerprint density at radius 3 is 2.71 bits per heavy atom. The predicted molar refractivity (Wildman–Crippen MR) is 70.3 cm³/mol. The van der Waals surface area contributed by atoms with E-state index < -0.39 is 0 Å². The van der Waals surface area contributed by atoms with Crippen molar-refractivity contribution >= 4 is 5.82 Å². The Balaban J connectivity index is 3.03. The van der Waals surface area contributed by atoms with E-state index in [0.29, 0.717) is 18.2 Å². The lowest BCUT2D eigenvalue weighted by Gasteiger charge is -2.28. The van der Waals surface area contributed by atoms with Gasteiger partial charge in [-0.2, -0.15) is 0 Å². The van der Waals surface area contributed by atoms with Crippen LogP contribution in [0.2, 0.25) is 0 Å². The smallest absolute Gasteiger partial charge is 0.252 e. The molecule has 0 spiro atoms. The zero-order valence-electron chi connectivity index (χ0n) is 11.0. The molecule has 0 radical (unpaired) electrons. The zero-order valence-corrected chi connectivity index (χ0v) is 11.0. The number of anilines is 1. The number of aromatic nitrogens is 2. The molecule has 1 aromatic rings. The van der Waals surface area contributed by atoms with E-state index in [4.69, 9.17) is 5.73 Å². The van der Waals surface area contributed by atoms with Gasteiger partial charge in [-0.15, -0.1) is 0 Å². The van der Waals surface area contributed by atoms with Gasteiger partial charge in [-0.1, -0.05) is 20.8 Å². The Bertz CT molecular complexity index is 421. The Morgan fingerprint density at radius 2 is 2.24 bits per heavy atom. The number of nitrogens with zero attached hydrogens (tertiary/aromatic N) is 1. The second-order valence-corrected chi connectivity index (χ2v) is 4.91. The van der Waals surface area contributed by atoms with Gasteiger partial charge < -0.3 is 16.0 Å². The van der Waals surface area contributed by atoms with E-state index >= 15 is 0 Å². The Labute approximate surface area is 102 Å². The Kier molecular flexibility index (Phi) is 4.28. The van der Waals surface area contributed by atoms with Crippen LogP contribution >= 0.6 is 0 Å². The van der Waals surface area contributed by atoms with Gasteiger partial charge >= 0.3 is 0 Å². The Hall–Kier alpha value is -1.36. The van der Waals surface area contributed by atoms with E-state index in [1.54, 1.807) is 0 Å². The van der Waals surface area contributed by atoms with Crippen molar-refractivity contribution in [3.63, 3.8) is 0 Å². The van der Waals surface area contributed by atoms with Crippen LogP contribution in [0.15, 0.2) is 10.9 Å². The van der Waals surface area contributed by atoms with Gasteiger partial charge in [0.25, 0.3) is 5.56 Å². The number of hydrogen-bond acceptors (Lipinski definition) is 4. The van der Waals surface area contributed by atoms with Crippen molar-refractivity contribution < 1.29 is 0 Å². The molecule has 5 heteroatoms. The minimum Gasteiger partial charge on any atom is -0.363 e. The third-order valence-corrected chi connectivity index (χ3v) is 2.97. The van der Waals surface area contributed by atoms with Gasteiger partial charge in [-0.05, 0) is 13.3 Å². The quantitative estimate of drug-likeness (QED) is 0.724. The van der Waals surface area contributed by atoms with Crippen molar-refractivity contribution in [3.8, 4) is 0 Å². The van der Waals surface area contributed by atoms with Gasteiger partial charge in [-0.25, -0.2) is 4.98 Å². The van der Waals surface area contributed by atoms with Crippen LogP contribution in [-0.2, 0) is 0 Å². The third-order valence-electron chi connectivity index (χ3n) is 2.97. The first-order valence-electron chi connectivity index (χ1n) is 5.99. The summed E-state index contributed by atoms with van der Waals surface area (Å²) in [6.07, 6.45) is 0.870. The maximum atomic E-state index is 11.5. The predicted octanol–water partition coefficient (Wildman–Crippen LogP) is 1.43. The molecule has 0 aliphatic heterocycles. The second-order valence-electron chi connectivity index (χ2n) is 4.91. The molecular formula is C12H22N4O. The third kappa shape index (κ3) is 3.56. The van der Waals surface area contributed by atoms with Gasteiger partial charge in [-0.3, -0.25) is 4.79 Å². The second kappa shape index (κ2) is 5.31. The Morgan fingerprint density at radius 1 is 1.59 bits per heavy atom. The molecule has 5 nitrogen and oxygen atoms in total. The molecule has 1 heterocycles. The molecule has 1 rings (SSSR count). The highest BCUT2D eigenvalue weighted by Gasteiger charge is 2.20. The normalized spacial score (nSPS) is 14.7. The minimum atomic E-state index is -0.227. The van der Waals surface area contributed by atoms with Crippen molar-refractivity contribution in [3.05, 3.63) is 22.2 Å². The van der Waals surface area contributed by atoms with Crippen molar-refractivity contribution in [2.24, 2.45) is 5.73 Å². The maximum Gasteiger partial charge on any atom is 0.252 e. The van der Waals surface area contributed by atoms with E-state index in [9.17, 15) is 4.79 Å². The molecule has 96 valence electrons. The van der Waals surface area contributed by atoms with E-state index in [2.05, 4.69) is 22.2 Å². The molecule has 17 heavy (non-hydrogen) atoms. The summed E-state index contributed by atoms with van der Waals surface area (Å²) >= 11 is 0. The fourth-order valence-corrected chi connectivity index (χ4v) is 1.41. The standard InChI is InChI=1S/C12H22N4O/c1-5-12(4,7-13)16-9-6-10(17)15-11(14-9)8(2)3/h6,8H,5,7,13H2,1-4H3,(H2,14,15,16,17). The number of rotatable bonds is 5. The van der Waals surface area contributed by atoms with Crippen LogP contribution in [0, 0.1) is 0 Å². The van der Waals surface area contributed by atoms with Crippen molar-refractivity contribution in [2.45, 2.75) is 45.6 Å². The molecule has 1 atom stereocenters. The van der Waals surface area contributed by atoms with Gasteiger partial charge in [0.2, 0.25) is 0 Å². The molecule has 0 bridgehead atoms. The van der Waals surface area contributed by atoms with Gasteiger partial charge in [0, 0.05) is 24.1 Å². The highest BCUT2D eigenvalue weighted by molar-refractivity contribution is 5.37. The van der Waals surface area contributed by atoms with Crippen LogP contribution in [0.25, 0.3) is 0 Å². The molecule has 0 fully saturated rings. The van der Waals surface area contributed by atoms with Crippen LogP contribution in [-0.4, -0.2) is 22.1 Å². The molecule has 0 saturated carbocycles. The highest BCUT2D eigenvalue weighted by Crippen LogP contribution is 2.16. The molecular weight excluding hydrogens is 216 g/mol. The van der Waals surface area contributed by atoms with E-state index in [0.717, 1.165) is 6.42 Å². The summed E-state index contributed by atoms with van der Waals surface area (Å²) in [6.45, 7) is 8.55. The van der Waals surface area contributed by atoms with Gasteiger partial charge in [0.1, 0.15) is 11.6 Å². The minimum absolute atomic E-state index is 0.137. The molecule has 0 aliphatic carbocycles. The summed E-state index contributed by atoms with van der Waals surface area (Å²) in [5.41, 5.74) is 5.36. The zero-order chi connectivity index (χ0) is 13.1. The first-order valence-corrected chi connectivity index (χ1v) is 5.99. The summed E-state index contributed by atoms with van der Waals surface area (Å²) in [5.74, 6) is 1.47. The monoisotopic (exact) mass is 238 g/mol. The number of H-pyrrole nitrogens is 1. The summed E-state index contributed by atoms with van der Waals surface area (Å²) in [5, 5.41) is 3.23. The van der Waals surface area contributed by atoms with Crippen molar-refractivity contribution in [1.29, 1.82) is 0 Å². The molecule has 0 saturated heterocycles. The van der Waals surface area contributed by atoms with Crippen LogP contribution in [0.5, 0.6) is 0 Å². The fourth-order valence-electron chi connectivity index (χ4n) is 1.41. The number of hydrogen-bond donors (Lipinski definition) is 3. The summed E-state index contributed by atoms with van der Waals surface area (Å²) in [7, 11) is 0. The van der Waals surface area contributed by atoms with Crippen molar-refractivity contribution in [2.75, 3.05) is 11.9 Å². The lowest BCUT2D eigenvalue weighted by molar-refractivity contribution is 0.503. The molecule has 0 amide bonds.